The van der Waals surface area contributed by atoms with E-state index in [0.717, 1.165) is 31.2 Å². The minimum atomic E-state index is -0.0239. The maximum absolute atomic E-state index is 12.4. The Morgan fingerprint density at radius 2 is 1.62 bits per heavy atom. The maximum Gasteiger partial charge on any atom is 0.162 e. The summed E-state index contributed by atoms with van der Waals surface area (Å²) in [6.07, 6.45) is 4.64. The van der Waals surface area contributed by atoms with Crippen molar-refractivity contribution in [1.29, 1.82) is 0 Å². The summed E-state index contributed by atoms with van der Waals surface area (Å²) in [7, 11) is 0. The summed E-state index contributed by atoms with van der Waals surface area (Å²) >= 11 is 0. The number of unbranched alkanes of at least 4 members (excludes halogenated alkanes) is 2. The fourth-order valence-electron chi connectivity index (χ4n) is 2.27. The van der Waals surface area contributed by atoms with Gasteiger partial charge in [-0.25, -0.2) is 0 Å². The summed E-state index contributed by atoms with van der Waals surface area (Å²) in [6, 6.07) is 5.67. The van der Waals surface area contributed by atoms with Crippen LogP contribution in [-0.4, -0.2) is 11.6 Å². The molecule has 2 nitrogen and oxygen atoms in total. The van der Waals surface area contributed by atoms with Crippen molar-refractivity contribution in [2.75, 3.05) is 0 Å². The molecule has 0 aliphatic carbocycles. The number of hydrogen-bond donors (Lipinski definition) is 0. The molecule has 0 aliphatic heterocycles. The predicted molar refractivity (Wildman–Crippen MR) is 88.2 cm³/mol. The van der Waals surface area contributed by atoms with Crippen molar-refractivity contribution < 1.29 is 9.59 Å². The van der Waals surface area contributed by atoms with E-state index in [4.69, 9.17) is 0 Å². The summed E-state index contributed by atoms with van der Waals surface area (Å²) < 4.78 is 0. The molecule has 0 fully saturated rings. The lowest BCUT2D eigenvalue weighted by Crippen LogP contribution is -2.17. The van der Waals surface area contributed by atoms with Gasteiger partial charge in [0.1, 0.15) is 0 Å². The third-order valence-corrected chi connectivity index (χ3v) is 4.33. The first-order valence-corrected chi connectivity index (χ1v) is 8.01. The first-order valence-electron chi connectivity index (χ1n) is 8.01. The van der Waals surface area contributed by atoms with Crippen LogP contribution in [0.2, 0.25) is 0 Å². The fraction of sp³-hybridized carbons (Fsp3) is 0.579. The van der Waals surface area contributed by atoms with Crippen LogP contribution < -0.4 is 0 Å². The number of rotatable bonds is 8. The number of carbonyl (C=O) groups excluding carboxylic acids is 2. The monoisotopic (exact) mass is 288 g/mol. The van der Waals surface area contributed by atoms with Crippen LogP contribution in [0.3, 0.4) is 0 Å². The van der Waals surface area contributed by atoms with E-state index in [1.165, 1.54) is 0 Å². The molecule has 1 aromatic rings. The molecule has 1 rings (SSSR count). The van der Waals surface area contributed by atoms with E-state index < -0.39 is 0 Å². The molecule has 0 bridgehead atoms. The van der Waals surface area contributed by atoms with E-state index in [-0.39, 0.29) is 17.0 Å². The quantitative estimate of drug-likeness (QED) is 0.478. The third-order valence-electron chi connectivity index (χ3n) is 4.33. The average molecular weight is 288 g/mol. The van der Waals surface area contributed by atoms with Gasteiger partial charge in [0.2, 0.25) is 0 Å². The van der Waals surface area contributed by atoms with Crippen molar-refractivity contribution in [1.82, 2.24) is 0 Å². The second-order valence-corrected chi connectivity index (χ2v) is 6.47. The molecule has 21 heavy (non-hydrogen) atoms. The first-order chi connectivity index (χ1) is 9.81. The summed E-state index contributed by atoms with van der Waals surface area (Å²) in [5.41, 5.74) is 2.39. The molecule has 116 valence electrons. The molecule has 0 N–H and O–H groups in total. The largest absolute Gasteiger partial charge is 0.295 e. The Bertz CT molecular complexity index is 512. The predicted octanol–water partition coefficient (Wildman–Crippen LogP) is 5.34. The van der Waals surface area contributed by atoms with Gasteiger partial charge >= 0.3 is 0 Å². The minimum absolute atomic E-state index is 0.0198. The normalized spacial score (nSPS) is 11.5. The topological polar surface area (TPSA) is 34.1 Å². The molecule has 0 aromatic heterocycles. The lowest BCUT2D eigenvalue weighted by Gasteiger charge is -2.24. The van der Waals surface area contributed by atoms with Crippen molar-refractivity contribution in [2.24, 2.45) is 0 Å². The summed E-state index contributed by atoms with van der Waals surface area (Å²) in [6.45, 7) is 10.1. The van der Waals surface area contributed by atoms with Crippen LogP contribution >= 0.6 is 0 Å². The van der Waals surface area contributed by atoms with Gasteiger partial charge in [0, 0.05) is 17.5 Å². The molecular weight excluding hydrogens is 260 g/mol. The zero-order valence-corrected chi connectivity index (χ0v) is 14.1. The van der Waals surface area contributed by atoms with Gasteiger partial charge < -0.3 is 0 Å². The smallest absolute Gasteiger partial charge is 0.162 e. The Balaban J connectivity index is 3.14. The Hall–Kier alpha value is -1.44. The average Bonchev–Trinajstić information content (AvgIpc) is 2.46. The van der Waals surface area contributed by atoms with Crippen LogP contribution in [0.4, 0.5) is 0 Å². The summed E-state index contributed by atoms with van der Waals surface area (Å²) in [5, 5.41) is 0. The molecule has 0 heterocycles. The Labute approximate surface area is 128 Å². The minimum Gasteiger partial charge on any atom is -0.295 e. The summed E-state index contributed by atoms with van der Waals surface area (Å²) in [4.78, 5) is 24.1. The zero-order valence-electron chi connectivity index (χ0n) is 14.1. The van der Waals surface area contributed by atoms with Crippen molar-refractivity contribution in [3.8, 4) is 0 Å². The molecule has 0 spiro atoms. The highest BCUT2D eigenvalue weighted by Gasteiger charge is 2.21. The zero-order chi connectivity index (χ0) is 16.0. The van der Waals surface area contributed by atoms with E-state index >= 15 is 0 Å². The van der Waals surface area contributed by atoms with Gasteiger partial charge in [-0.3, -0.25) is 9.59 Å². The molecule has 0 saturated carbocycles. The van der Waals surface area contributed by atoms with Gasteiger partial charge in [0.15, 0.2) is 11.6 Å². The van der Waals surface area contributed by atoms with Gasteiger partial charge in [-0.05, 0) is 48.9 Å². The van der Waals surface area contributed by atoms with Crippen molar-refractivity contribution in [3.63, 3.8) is 0 Å². The Morgan fingerprint density at radius 1 is 1.00 bits per heavy atom. The van der Waals surface area contributed by atoms with Crippen LogP contribution in [0.5, 0.6) is 0 Å². The third kappa shape index (κ3) is 4.80. The SMILES string of the molecule is CCCCCC(=O)c1cc(C(C)=O)cc(C(C)(C)CC)c1. The Kier molecular flexibility index (Phi) is 6.32. The molecule has 0 amide bonds. The van der Waals surface area contributed by atoms with Gasteiger partial charge in [-0.2, -0.15) is 0 Å². The number of benzene rings is 1. The van der Waals surface area contributed by atoms with Crippen LogP contribution in [0.25, 0.3) is 0 Å². The highest BCUT2D eigenvalue weighted by molar-refractivity contribution is 6.01. The van der Waals surface area contributed by atoms with Crippen LogP contribution in [0.1, 0.15) is 93.0 Å². The van der Waals surface area contributed by atoms with Crippen LogP contribution in [0, 0.1) is 0 Å². The highest BCUT2D eigenvalue weighted by atomic mass is 16.1. The number of ketones is 2. The highest BCUT2D eigenvalue weighted by Crippen LogP contribution is 2.29. The van der Waals surface area contributed by atoms with Crippen molar-refractivity contribution >= 4 is 11.6 Å². The number of carbonyl (C=O) groups is 2. The maximum atomic E-state index is 12.4. The number of hydrogen-bond acceptors (Lipinski definition) is 2. The Morgan fingerprint density at radius 3 is 2.14 bits per heavy atom. The lowest BCUT2D eigenvalue weighted by atomic mass is 9.80. The van der Waals surface area contributed by atoms with Gasteiger partial charge in [-0.1, -0.05) is 40.5 Å². The molecule has 0 atom stereocenters. The standard InChI is InChI=1S/C19H28O2/c1-6-8-9-10-18(21)16-11-15(14(3)20)12-17(13-16)19(4,5)7-2/h11-13H,6-10H2,1-5H3. The van der Waals surface area contributed by atoms with E-state index in [0.29, 0.717) is 17.5 Å². The van der Waals surface area contributed by atoms with Crippen LogP contribution in [0.15, 0.2) is 18.2 Å². The lowest BCUT2D eigenvalue weighted by molar-refractivity contribution is 0.0979. The van der Waals surface area contributed by atoms with E-state index in [9.17, 15) is 9.59 Å². The van der Waals surface area contributed by atoms with E-state index in [1.54, 1.807) is 13.0 Å². The second kappa shape index (κ2) is 7.53. The molecule has 0 unspecified atom stereocenters. The van der Waals surface area contributed by atoms with Crippen molar-refractivity contribution in [3.05, 3.63) is 34.9 Å². The van der Waals surface area contributed by atoms with Gasteiger partial charge in [0.25, 0.3) is 0 Å². The number of Topliss-reactive ketones (excluding diaryl/α,β-unsaturated/α-hetero) is 2. The van der Waals surface area contributed by atoms with Gasteiger partial charge in [0.05, 0.1) is 0 Å². The van der Waals surface area contributed by atoms with Crippen LogP contribution in [-0.2, 0) is 5.41 Å². The van der Waals surface area contributed by atoms with Gasteiger partial charge in [-0.15, -0.1) is 0 Å². The van der Waals surface area contributed by atoms with E-state index in [1.807, 2.05) is 12.1 Å². The fourth-order valence-corrected chi connectivity index (χ4v) is 2.27. The molecule has 0 aliphatic rings. The second-order valence-electron chi connectivity index (χ2n) is 6.47. The molecule has 1 aromatic carbocycles. The molecular formula is C19H28O2. The molecule has 2 heteroatoms. The molecule has 0 saturated heterocycles. The van der Waals surface area contributed by atoms with Crippen molar-refractivity contribution in [2.45, 2.75) is 72.1 Å². The van der Waals surface area contributed by atoms with E-state index in [2.05, 4.69) is 27.7 Å². The summed E-state index contributed by atoms with van der Waals surface area (Å²) in [5.74, 6) is 0.172. The first kappa shape index (κ1) is 17.6. The molecule has 0 radical (unpaired) electrons.